The zero-order chi connectivity index (χ0) is 39.8. The Kier molecular flexibility index (Phi) is 10.3. The number of hydrogen-bond donors (Lipinski definition) is 0. The highest BCUT2D eigenvalue weighted by Crippen LogP contribution is 2.56. The Morgan fingerprint density at radius 3 is 0.714 bits per heavy atom. The van der Waals surface area contributed by atoms with Gasteiger partial charge in [0, 0.05) is 5.56 Å². The highest BCUT2D eigenvalue weighted by molar-refractivity contribution is 6.15. The fraction of sp³-hybridized carbons (Fsp3) is 0.218. The zero-order valence-corrected chi connectivity index (χ0v) is 34.5. The minimum atomic E-state index is 0.00895. The first kappa shape index (κ1) is 38.5. The third kappa shape index (κ3) is 7.69. The Balaban J connectivity index is 1.77. The molecule has 0 fully saturated rings. The monoisotopic (exact) mass is 730 g/mol. The second-order valence-electron chi connectivity index (χ2n) is 18.2. The summed E-state index contributed by atoms with van der Waals surface area (Å²) < 4.78 is 0. The lowest BCUT2D eigenvalue weighted by molar-refractivity contribution is 0.112. The van der Waals surface area contributed by atoms with Crippen LogP contribution in [0.15, 0.2) is 158 Å². The molecule has 0 aliphatic carbocycles. The third-order valence-corrected chi connectivity index (χ3v) is 11.1. The number of benzene rings is 7. The summed E-state index contributed by atoms with van der Waals surface area (Å²) >= 11 is 0. The predicted molar refractivity (Wildman–Crippen MR) is 241 cm³/mol. The van der Waals surface area contributed by atoms with Crippen molar-refractivity contribution in [1.82, 2.24) is 0 Å². The van der Waals surface area contributed by atoms with Crippen molar-refractivity contribution in [1.29, 1.82) is 0 Å². The topological polar surface area (TPSA) is 17.1 Å². The van der Waals surface area contributed by atoms with Crippen LogP contribution in [0, 0.1) is 0 Å². The molecule has 0 heterocycles. The maximum absolute atomic E-state index is 12.0. The smallest absolute Gasteiger partial charge is 0.150 e. The molecule has 7 rings (SSSR count). The molecular formula is C55H54O. The van der Waals surface area contributed by atoms with Gasteiger partial charge in [0.2, 0.25) is 0 Å². The van der Waals surface area contributed by atoms with E-state index in [1.165, 1.54) is 38.9 Å². The van der Waals surface area contributed by atoms with Gasteiger partial charge in [0.05, 0.1) is 0 Å². The molecule has 0 bridgehead atoms. The largest absolute Gasteiger partial charge is 0.298 e. The quantitative estimate of drug-likeness (QED) is 0.149. The second-order valence-corrected chi connectivity index (χ2v) is 18.2. The van der Waals surface area contributed by atoms with E-state index in [2.05, 4.69) is 208 Å². The van der Waals surface area contributed by atoms with Gasteiger partial charge >= 0.3 is 0 Å². The summed E-state index contributed by atoms with van der Waals surface area (Å²) in [5.41, 5.74) is 18.4. The maximum Gasteiger partial charge on any atom is 0.150 e. The molecular weight excluding hydrogens is 677 g/mol. The van der Waals surface area contributed by atoms with Gasteiger partial charge in [-0.15, -0.1) is 0 Å². The van der Waals surface area contributed by atoms with Crippen LogP contribution < -0.4 is 0 Å². The lowest BCUT2D eigenvalue weighted by Crippen LogP contribution is -2.11. The van der Waals surface area contributed by atoms with E-state index in [0.717, 1.165) is 50.8 Å². The van der Waals surface area contributed by atoms with Gasteiger partial charge in [-0.3, -0.25) is 4.79 Å². The SMILES string of the molecule is CC(C)(C)c1ccc(-c2c(-c3ccccc3)c(-c3ccc(C=O)cc3)c(-c3ccccc3)c(-c3ccc(C(C)(C)C)cc3)c2-c2ccc(C(C)(C)C)cc2)cc1. The average molecular weight is 731 g/mol. The molecule has 7 aromatic carbocycles. The number of carbonyl (C=O) groups excluding carboxylic acids is 1. The van der Waals surface area contributed by atoms with Gasteiger partial charge in [-0.1, -0.05) is 220 Å². The Hall–Kier alpha value is -5.79. The van der Waals surface area contributed by atoms with Gasteiger partial charge in [0.25, 0.3) is 0 Å². The van der Waals surface area contributed by atoms with Crippen LogP contribution in [-0.4, -0.2) is 6.29 Å². The van der Waals surface area contributed by atoms with Crippen LogP contribution in [0.25, 0.3) is 66.8 Å². The second kappa shape index (κ2) is 15.0. The van der Waals surface area contributed by atoms with Crippen molar-refractivity contribution >= 4 is 6.29 Å². The summed E-state index contributed by atoms with van der Waals surface area (Å²) in [6.45, 7) is 20.5. The minimum Gasteiger partial charge on any atom is -0.298 e. The Morgan fingerprint density at radius 1 is 0.286 bits per heavy atom. The summed E-state index contributed by atoms with van der Waals surface area (Å²) in [6.07, 6.45) is 0.925. The highest BCUT2D eigenvalue weighted by atomic mass is 16.1. The van der Waals surface area contributed by atoms with E-state index in [1.807, 2.05) is 12.1 Å². The molecule has 0 spiro atoms. The number of aldehydes is 1. The van der Waals surface area contributed by atoms with Crippen LogP contribution in [0.1, 0.15) is 89.4 Å². The van der Waals surface area contributed by atoms with Crippen LogP contribution in [0.3, 0.4) is 0 Å². The van der Waals surface area contributed by atoms with E-state index in [0.29, 0.717) is 5.56 Å². The summed E-state index contributed by atoms with van der Waals surface area (Å²) in [5, 5.41) is 0. The van der Waals surface area contributed by atoms with Gasteiger partial charge in [0.1, 0.15) is 6.29 Å². The van der Waals surface area contributed by atoms with Gasteiger partial charge in [0.15, 0.2) is 0 Å². The average Bonchev–Trinajstić information content (AvgIpc) is 3.19. The van der Waals surface area contributed by atoms with Crippen LogP contribution in [0.2, 0.25) is 0 Å². The third-order valence-electron chi connectivity index (χ3n) is 11.1. The van der Waals surface area contributed by atoms with Crippen LogP contribution in [0.4, 0.5) is 0 Å². The zero-order valence-electron chi connectivity index (χ0n) is 34.5. The van der Waals surface area contributed by atoms with Crippen molar-refractivity contribution in [3.63, 3.8) is 0 Å². The summed E-state index contributed by atoms with van der Waals surface area (Å²) in [4.78, 5) is 12.0. The van der Waals surface area contributed by atoms with Gasteiger partial charge in [-0.2, -0.15) is 0 Å². The molecule has 0 aliphatic heterocycles. The van der Waals surface area contributed by atoms with E-state index in [9.17, 15) is 4.79 Å². The summed E-state index contributed by atoms with van der Waals surface area (Å²) in [7, 11) is 0. The Labute approximate surface area is 335 Å². The van der Waals surface area contributed by atoms with E-state index in [4.69, 9.17) is 0 Å². The molecule has 0 N–H and O–H groups in total. The van der Waals surface area contributed by atoms with E-state index >= 15 is 0 Å². The van der Waals surface area contributed by atoms with Gasteiger partial charge in [-0.25, -0.2) is 0 Å². The molecule has 1 heteroatoms. The first-order valence-electron chi connectivity index (χ1n) is 19.9. The van der Waals surface area contributed by atoms with Crippen LogP contribution >= 0.6 is 0 Å². The number of hydrogen-bond acceptors (Lipinski definition) is 1. The normalized spacial score (nSPS) is 12.1. The highest BCUT2D eigenvalue weighted by Gasteiger charge is 2.30. The van der Waals surface area contributed by atoms with E-state index in [-0.39, 0.29) is 16.2 Å². The Bertz CT molecular complexity index is 2320. The predicted octanol–water partition coefficient (Wildman–Crippen LogP) is 15.4. The molecule has 0 aromatic heterocycles. The van der Waals surface area contributed by atoms with Crippen LogP contribution in [0.5, 0.6) is 0 Å². The molecule has 56 heavy (non-hydrogen) atoms. The molecule has 280 valence electrons. The van der Waals surface area contributed by atoms with Crippen molar-refractivity contribution in [2.24, 2.45) is 0 Å². The fourth-order valence-corrected chi connectivity index (χ4v) is 7.83. The Morgan fingerprint density at radius 2 is 0.500 bits per heavy atom. The molecule has 0 saturated heterocycles. The molecule has 0 atom stereocenters. The minimum absolute atomic E-state index is 0.00895. The molecule has 7 aromatic rings. The molecule has 0 aliphatic rings. The molecule has 0 radical (unpaired) electrons. The van der Waals surface area contributed by atoms with Gasteiger partial charge < -0.3 is 0 Å². The molecule has 1 nitrogen and oxygen atoms in total. The van der Waals surface area contributed by atoms with Crippen molar-refractivity contribution in [3.05, 3.63) is 180 Å². The van der Waals surface area contributed by atoms with Crippen molar-refractivity contribution < 1.29 is 4.79 Å². The number of carbonyl (C=O) groups is 1. The van der Waals surface area contributed by atoms with Crippen molar-refractivity contribution in [2.45, 2.75) is 78.6 Å². The lowest BCUT2D eigenvalue weighted by atomic mass is 9.73. The van der Waals surface area contributed by atoms with E-state index < -0.39 is 0 Å². The first-order valence-corrected chi connectivity index (χ1v) is 19.9. The maximum atomic E-state index is 12.0. The fourth-order valence-electron chi connectivity index (χ4n) is 7.83. The van der Waals surface area contributed by atoms with E-state index in [1.54, 1.807) is 0 Å². The van der Waals surface area contributed by atoms with Gasteiger partial charge in [-0.05, 0) is 99.7 Å². The summed E-state index contributed by atoms with van der Waals surface area (Å²) in [6, 6.07) is 57.6. The first-order chi connectivity index (χ1) is 26.6. The van der Waals surface area contributed by atoms with Crippen molar-refractivity contribution in [3.8, 4) is 66.8 Å². The molecule has 0 saturated carbocycles. The number of rotatable bonds is 7. The van der Waals surface area contributed by atoms with Crippen molar-refractivity contribution in [2.75, 3.05) is 0 Å². The lowest BCUT2D eigenvalue weighted by Gasteiger charge is -2.30. The van der Waals surface area contributed by atoms with Crippen LogP contribution in [-0.2, 0) is 16.2 Å². The molecule has 0 amide bonds. The standard InChI is InChI=1S/C55H54O/c1-53(2,3)44-30-24-41(25-31-44)50-47(38-16-12-10-13-17-38)49(40-22-20-37(36-56)21-23-40)48(39-18-14-11-15-19-39)51(42-26-32-45(33-27-42)54(4,5)6)52(50)43-28-34-46(35-29-43)55(7,8)9/h10-36H,1-9H3. The molecule has 0 unspecified atom stereocenters. The summed E-state index contributed by atoms with van der Waals surface area (Å²) in [5.74, 6) is 0.